The normalized spacial score (nSPS) is 18.1. The fourth-order valence-electron chi connectivity index (χ4n) is 2.46. The van der Waals surface area contributed by atoms with Crippen LogP contribution in [0, 0.1) is 5.92 Å². The highest BCUT2D eigenvalue weighted by atomic mass is 16.4. The van der Waals surface area contributed by atoms with Crippen molar-refractivity contribution in [3.8, 4) is 0 Å². The summed E-state index contributed by atoms with van der Waals surface area (Å²) in [5.74, 6) is -0.483. The lowest BCUT2D eigenvalue weighted by molar-refractivity contribution is 0.0690. The molecule has 0 spiro atoms. The van der Waals surface area contributed by atoms with E-state index in [0.717, 1.165) is 32.4 Å². The number of carboxylic acids is 1. The summed E-state index contributed by atoms with van der Waals surface area (Å²) in [7, 11) is 0. The number of hydrogen-bond acceptors (Lipinski definition) is 3. The summed E-state index contributed by atoms with van der Waals surface area (Å²) >= 11 is 0. The Bertz CT molecular complexity index is 487. The van der Waals surface area contributed by atoms with Gasteiger partial charge in [-0.05, 0) is 30.9 Å². The molecule has 1 atom stereocenters. The first kappa shape index (κ1) is 14.3. The molecule has 1 saturated heterocycles. The zero-order chi connectivity index (χ0) is 14.5. The zero-order valence-electron chi connectivity index (χ0n) is 11.5. The topological polar surface area (TPSA) is 82.5 Å². The molecule has 0 radical (unpaired) electrons. The lowest BCUT2D eigenvalue weighted by Crippen LogP contribution is -2.33. The Morgan fingerprint density at radius 1 is 1.50 bits per heavy atom. The van der Waals surface area contributed by atoms with E-state index < -0.39 is 5.97 Å². The molecule has 1 aliphatic heterocycles. The number of carboxylic acid groups (broad SMARTS) is 1. The Hall–Kier alpha value is -2.11. The van der Waals surface area contributed by atoms with Crippen molar-refractivity contribution in [3.63, 3.8) is 0 Å². The summed E-state index contributed by atoms with van der Waals surface area (Å²) in [4.78, 5) is 28.3. The minimum absolute atomic E-state index is 0.0350. The van der Waals surface area contributed by atoms with Gasteiger partial charge < -0.3 is 15.3 Å². The van der Waals surface area contributed by atoms with Crippen molar-refractivity contribution in [2.45, 2.75) is 26.2 Å². The Morgan fingerprint density at radius 2 is 2.30 bits per heavy atom. The van der Waals surface area contributed by atoms with Gasteiger partial charge in [0, 0.05) is 13.1 Å². The van der Waals surface area contributed by atoms with E-state index in [4.69, 9.17) is 5.11 Å². The van der Waals surface area contributed by atoms with Crippen molar-refractivity contribution < 1.29 is 14.7 Å². The molecule has 2 heterocycles. The predicted octanol–water partition coefficient (Wildman–Crippen LogP) is 2.43. The second-order valence-electron chi connectivity index (χ2n) is 5.06. The smallest absolute Gasteiger partial charge is 0.354 e. The van der Waals surface area contributed by atoms with Gasteiger partial charge in [-0.2, -0.15) is 0 Å². The highest BCUT2D eigenvalue weighted by Gasteiger charge is 2.25. The molecule has 2 N–H and O–H groups in total. The maximum absolute atomic E-state index is 12.1. The first-order chi connectivity index (χ1) is 9.60. The first-order valence-corrected chi connectivity index (χ1v) is 6.85. The minimum Gasteiger partial charge on any atom is -0.477 e. The van der Waals surface area contributed by atoms with Gasteiger partial charge in [0.2, 0.25) is 0 Å². The van der Waals surface area contributed by atoms with Gasteiger partial charge in [-0.3, -0.25) is 0 Å². The molecule has 20 heavy (non-hydrogen) atoms. The second-order valence-corrected chi connectivity index (χ2v) is 5.06. The second kappa shape index (κ2) is 6.36. The molecule has 0 bridgehead atoms. The molecule has 0 aromatic carbocycles. The van der Waals surface area contributed by atoms with E-state index in [1.807, 2.05) is 0 Å². The number of rotatable bonds is 4. The van der Waals surface area contributed by atoms with Crippen LogP contribution in [-0.4, -0.2) is 40.1 Å². The number of nitrogens with zero attached hydrogens (tertiary/aromatic N) is 2. The van der Waals surface area contributed by atoms with Crippen LogP contribution in [0.15, 0.2) is 18.3 Å². The van der Waals surface area contributed by atoms with Gasteiger partial charge in [-0.25, -0.2) is 14.6 Å². The van der Waals surface area contributed by atoms with Crippen LogP contribution in [0.25, 0.3) is 0 Å². The molecular weight excluding hydrogens is 258 g/mol. The van der Waals surface area contributed by atoms with E-state index in [1.54, 1.807) is 11.0 Å². The van der Waals surface area contributed by atoms with Gasteiger partial charge >= 0.3 is 12.0 Å². The Morgan fingerprint density at radius 3 is 2.90 bits per heavy atom. The largest absolute Gasteiger partial charge is 0.477 e. The highest BCUT2D eigenvalue weighted by molar-refractivity contribution is 5.90. The van der Waals surface area contributed by atoms with Gasteiger partial charge in [0.05, 0.1) is 11.9 Å². The molecule has 1 aromatic heterocycles. The maximum Gasteiger partial charge on any atom is 0.354 e. The van der Waals surface area contributed by atoms with E-state index >= 15 is 0 Å². The molecule has 0 aliphatic carbocycles. The van der Waals surface area contributed by atoms with Crippen LogP contribution >= 0.6 is 0 Å². The quantitative estimate of drug-likeness (QED) is 0.885. The van der Waals surface area contributed by atoms with Crippen LogP contribution in [0.5, 0.6) is 0 Å². The third-order valence-corrected chi connectivity index (χ3v) is 3.50. The molecule has 2 rings (SSSR count). The number of aromatic nitrogens is 1. The number of nitrogens with one attached hydrogen (secondary N) is 1. The summed E-state index contributed by atoms with van der Waals surface area (Å²) < 4.78 is 0. The Balaban J connectivity index is 1.90. The highest BCUT2D eigenvalue weighted by Crippen LogP contribution is 2.21. The minimum atomic E-state index is -1.08. The van der Waals surface area contributed by atoms with Gasteiger partial charge in [0.1, 0.15) is 5.69 Å². The molecule has 6 heteroatoms. The Kier molecular flexibility index (Phi) is 4.55. The van der Waals surface area contributed by atoms with Gasteiger partial charge in [-0.1, -0.05) is 13.3 Å². The van der Waals surface area contributed by atoms with Crippen molar-refractivity contribution in [1.82, 2.24) is 9.88 Å². The number of hydrogen-bond donors (Lipinski definition) is 2. The first-order valence-electron chi connectivity index (χ1n) is 6.85. The van der Waals surface area contributed by atoms with Crippen LogP contribution in [0.3, 0.4) is 0 Å². The fourth-order valence-corrected chi connectivity index (χ4v) is 2.46. The molecule has 1 fully saturated rings. The fraction of sp³-hybridized carbons (Fsp3) is 0.500. The van der Waals surface area contributed by atoms with Crippen molar-refractivity contribution in [2.75, 3.05) is 18.4 Å². The van der Waals surface area contributed by atoms with Crippen molar-refractivity contribution in [3.05, 3.63) is 24.0 Å². The standard InChI is InChI=1S/C14H19N3O3/c1-2-3-10-6-7-17(9-10)14(20)16-11-4-5-12(13(18)19)15-8-11/h4-5,8,10H,2-3,6-7,9H2,1H3,(H,16,20)(H,18,19). The van der Waals surface area contributed by atoms with Crippen LogP contribution in [0.1, 0.15) is 36.7 Å². The average Bonchev–Trinajstić information content (AvgIpc) is 2.88. The summed E-state index contributed by atoms with van der Waals surface area (Å²) in [5.41, 5.74) is 0.478. The molecule has 1 aromatic rings. The number of amides is 2. The third-order valence-electron chi connectivity index (χ3n) is 3.50. The van der Waals surface area contributed by atoms with Crippen molar-refractivity contribution in [2.24, 2.45) is 5.92 Å². The predicted molar refractivity (Wildman–Crippen MR) is 74.8 cm³/mol. The van der Waals surface area contributed by atoms with E-state index in [2.05, 4.69) is 17.2 Å². The summed E-state index contributed by atoms with van der Waals surface area (Å²) in [6, 6.07) is 2.78. The third kappa shape index (κ3) is 3.46. The van der Waals surface area contributed by atoms with Crippen LogP contribution in [0.2, 0.25) is 0 Å². The molecule has 1 aliphatic rings. The van der Waals surface area contributed by atoms with E-state index in [-0.39, 0.29) is 11.7 Å². The summed E-state index contributed by atoms with van der Waals surface area (Å²) in [6.45, 7) is 3.72. The molecule has 6 nitrogen and oxygen atoms in total. The number of pyridine rings is 1. The molecule has 1 unspecified atom stereocenters. The number of carbonyl (C=O) groups is 2. The SMILES string of the molecule is CCCC1CCN(C(=O)Nc2ccc(C(=O)O)nc2)C1. The Labute approximate surface area is 117 Å². The van der Waals surface area contributed by atoms with Crippen LogP contribution in [-0.2, 0) is 0 Å². The van der Waals surface area contributed by atoms with E-state index in [0.29, 0.717) is 11.6 Å². The summed E-state index contributed by atoms with van der Waals surface area (Å²) in [6.07, 6.45) is 4.71. The summed E-state index contributed by atoms with van der Waals surface area (Å²) in [5, 5.41) is 11.5. The van der Waals surface area contributed by atoms with Gasteiger partial charge in [0.15, 0.2) is 0 Å². The number of likely N-dealkylation sites (tertiary alicyclic amines) is 1. The van der Waals surface area contributed by atoms with Crippen LogP contribution in [0.4, 0.5) is 10.5 Å². The lowest BCUT2D eigenvalue weighted by Gasteiger charge is -2.17. The van der Waals surface area contributed by atoms with Gasteiger partial charge in [0.25, 0.3) is 0 Å². The molecule has 0 saturated carbocycles. The molecule has 2 amide bonds. The van der Waals surface area contributed by atoms with Crippen molar-refractivity contribution in [1.29, 1.82) is 0 Å². The van der Waals surface area contributed by atoms with Gasteiger partial charge in [-0.15, -0.1) is 0 Å². The monoisotopic (exact) mass is 277 g/mol. The van der Waals surface area contributed by atoms with Crippen molar-refractivity contribution >= 4 is 17.7 Å². The lowest BCUT2D eigenvalue weighted by atomic mass is 10.0. The number of aromatic carboxylic acids is 1. The average molecular weight is 277 g/mol. The number of urea groups is 1. The zero-order valence-corrected chi connectivity index (χ0v) is 11.5. The van der Waals surface area contributed by atoms with E-state index in [9.17, 15) is 9.59 Å². The van der Waals surface area contributed by atoms with E-state index in [1.165, 1.54) is 12.3 Å². The number of anilines is 1. The molecular formula is C14H19N3O3. The number of carbonyl (C=O) groups excluding carboxylic acids is 1. The molecule has 108 valence electrons. The maximum atomic E-state index is 12.1. The van der Waals surface area contributed by atoms with Crippen LogP contribution < -0.4 is 5.32 Å².